The van der Waals surface area contributed by atoms with Gasteiger partial charge in [-0.25, -0.2) is 18.9 Å². The molecule has 4 aromatic rings. The van der Waals surface area contributed by atoms with Gasteiger partial charge in [-0.1, -0.05) is 24.3 Å². The number of ether oxygens (including phenoxy) is 2. The molecular formula is C24H25N5O4. The molecule has 0 saturated carbocycles. The average Bonchev–Trinajstić information content (AvgIpc) is 3.44. The van der Waals surface area contributed by atoms with E-state index in [0.29, 0.717) is 23.3 Å². The lowest BCUT2D eigenvalue weighted by molar-refractivity contribution is -0.122. The Bertz CT molecular complexity index is 1400. The molecule has 170 valence electrons. The van der Waals surface area contributed by atoms with Crippen LogP contribution in [0.15, 0.2) is 47.3 Å². The third kappa shape index (κ3) is 4.07. The van der Waals surface area contributed by atoms with Gasteiger partial charge >= 0.3 is 5.69 Å². The summed E-state index contributed by atoms with van der Waals surface area (Å²) < 4.78 is 14.3. The molecule has 0 spiro atoms. The van der Waals surface area contributed by atoms with E-state index >= 15 is 0 Å². The number of aromatic nitrogens is 4. The standard InChI is InChI=1S/C24H25N5O4/c1-15-7-5-11-20(16(15)2)33-23-22-27-28(14-21(30)25-13-17-8-6-12-32-17)24(31)29(22)19-10-4-3-9-18(19)26-23/h3-5,7,9-11,17H,6,8,12-14H2,1-2H3,(H,25,30)/t17-/m1/s1. The monoisotopic (exact) mass is 447 g/mol. The van der Waals surface area contributed by atoms with E-state index in [9.17, 15) is 9.59 Å². The molecule has 5 rings (SSSR count). The predicted molar refractivity (Wildman–Crippen MR) is 123 cm³/mol. The lowest BCUT2D eigenvalue weighted by Crippen LogP contribution is -2.36. The van der Waals surface area contributed by atoms with Crippen molar-refractivity contribution in [2.75, 3.05) is 13.2 Å². The number of hydrogen-bond donors (Lipinski definition) is 1. The first kappa shape index (κ1) is 21.1. The van der Waals surface area contributed by atoms with Crippen LogP contribution in [0.4, 0.5) is 0 Å². The molecule has 0 radical (unpaired) electrons. The van der Waals surface area contributed by atoms with Gasteiger partial charge in [0.25, 0.3) is 5.88 Å². The van der Waals surface area contributed by atoms with Gasteiger partial charge in [0.1, 0.15) is 12.3 Å². The van der Waals surface area contributed by atoms with Gasteiger partial charge in [0.05, 0.1) is 17.1 Å². The highest BCUT2D eigenvalue weighted by Gasteiger charge is 2.21. The normalized spacial score (nSPS) is 15.9. The zero-order valence-electron chi connectivity index (χ0n) is 18.6. The maximum Gasteiger partial charge on any atom is 0.351 e. The third-order valence-electron chi connectivity index (χ3n) is 5.98. The van der Waals surface area contributed by atoms with E-state index in [4.69, 9.17) is 9.47 Å². The lowest BCUT2D eigenvalue weighted by atomic mass is 10.1. The van der Waals surface area contributed by atoms with Crippen LogP contribution < -0.4 is 15.7 Å². The van der Waals surface area contributed by atoms with E-state index in [0.717, 1.165) is 35.3 Å². The Kier molecular flexibility index (Phi) is 5.55. The lowest BCUT2D eigenvalue weighted by Gasteiger charge is -2.11. The van der Waals surface area contributed by atoms with Crippen molar-refractivity contribution in [3.8, 4) is 11.6 Å². The summed E-state index contributed by atoms with van der Waals surface area (Å²) in [6.45, 7) is 4.90. The van der Waals surface area contributed by atoms with Gasteiger partial charge in [0.15, 0.2) is 0 Å². The highest BCUT2D eigenvalue weighted by molar-refractivity contribution is 5.80. The molecule has 0 unspecified atom stereocenters. The molecule has 2 aromatic heterocycles. The van der Waals surface area contributed by atoms with Crippen molar-refractivity contribution in [3.05, 3.63) is 64.1 Å². The molecule has 0 bridgehead atoms. The second-order valence-corrected chi connectivity index (χ2v) is 8.24. The van der Waals surface area contributed by atoms with E-state index in [1.165, 1.54) is 4.40 Å². The molecular weight excluding hydrogens is 422 g/mol. The summed E-state index contributed by atoms with van der Waals surface area (Å²) in [5, 5.41) is 7.25. The molecule has 1 atom stereocenters. The molecule has 0 aliphatic carbocycles. The summed E-state index contributed by atoms with van der Waals surface area (Å²) in [5.41, 5.74) is 3.07. The highest BCUT2D eigenvalue weighted by atomic mass is 16.5. The number of nitrogens with one attached hydrogen (secondary N) is 1. The number of amides is 1. The fraction of sp³-hybridized carbons (Fsp3) is 0.333. The van der Waals surface area contributed by atoms with Crippen molar-refractivity contribution >= 4 is 22.6 Å². The fourth-order valence-electron chi connectivity index (χ4n) is 4.01. The predicted octanol–water partition coefficient (Wildman–Crippen LogP) is 2.75. The van der Waals surface area contributed by atoms with Crippen LogP contribution in [0.25, 0.3) is 16.7 Å². The van der Waals surface area contributed by atoms with Gasteiger partial charge in [0.2, 0.25) is 11.6 Å². The van der Waals surface area contributed by atoms with E-state index in [1.807, 2.05) is 50.2 Å². The number of nitrogens with zero attached hydrogens (tertiary/aromatic N) is 4. The third-order valence-corrected chi connectivity index (χ3v) is 5.98. The quantitative estimate of drug-likeness (QED) is 0.488. The Balaban J connectivity index is 1.53. The minimum Gasteiger partial charge on any atom is -0.436 e. The average molecular weight is 447 g/mol. The van der Waals surface area contributed by atoms with Gasteiger partial charge in [-0.15, -0.1) is 5.10 Å². The molecule has 33 heavy (non-hydrogen) atoms. The second kappa shape index (κ2) is 8.67. The first-order valence-electron chi connectivity index (χ1n) is 11.0. The summed E-state index contributed by atoms with van der Waals surface area (Å²) in [6, 6.07) is 13.0. The minimum atomic E-state index is -0.429. The molecule has 2 aromatic carbocycles. The molecule has 1 fully saturated rings. The molecule has 9 heteroatoms. The number of carbonyl (C=O) groups is 1. The fourth-order valence-corrected chi connectivity index (χ4v) is 4.01. The summed E-state index contributed by atoms with van der Waals surface area (Å²) in [7, 11) is 0. The molecule has 1 saturated heterocycles. The minimum absolute atomic E-state index is 0.0254. The number of rotatable bonds is 6. The first-order chi connectivity index (χ1) is 16.0. The van der Waals surface area contributed by atoms with Crippen molar-refractivity contribution in [1.29, 1.82) is 0 Å². The van der Waals surface area contributed by atoms with Gasteiger partial charge < -0.3 is 14.8 Å². The van der Waals surface area contributed by atoms with E-state index < -0.39 is 5.69 Å². The Morgan fingerprint density at radius 1 is 1.21 bits per heavy atom. The smallest absolute Gasteiger partial charge is 0.351 e. The number of hydrogen-bond acceptors (Lipinski definition) is 6. The summed E-state index contributed by atoms with van der Waals surface area (Å²) in [5.74, 6) is 0.541. The van der Waals surface area contributed by atoms with Crippen LogP contribution in [0.2, 0.25) is 0 Å². The van der Waals surface area contributed by atoms with Crippen LogP contribution in [0.3, 0.4) is 0 Å². The molecule has 3 heterocycles. The SMILES string of the molecule is Cc1cccc(Oc2nc3ccccc3n3c(=O)n(CC(=O)NC[C@H]4CCCO4)nc23)c1C. The summed E-state index contributed by atoms with van der Waals surface area (Å²) >= 11 is 0. The van der Waals surface area contributed by atoms with Crippen LogP contribution in [0.5, 0.6) is 11.6 Å². The Hall–Kier alpha value is -3.72. The largest absolute Gasteiger partial charge is 0.436 e. The zero-order chi connectivity index (χ0) is 22.9. The van der Waals surface area contributed by atoms with E-state index in [1.54, 1.807) is 6.07 Å². The van der Waals surface area contributed by atoms with Gasteiger partial charge in [-0.05, 0) is 56.0 Å². The summed E-state index contributed by atoms with van der Waals surface area (Å²) in [4.78, 5) is 30.4. The van der Waals surface area contributed by atoms with Crippen molar-refractivity contribution in [1.82, 2.24) is 24.5 Å². The Morgan fingerprint density at radius 3 is 2.88 bits per heavy atom. The Labute approximate surface area is 190 Å². The summed E-state index contributed by atoms with van der Waals surface area (Å²) in [6.07, 6.45) is 1.94. The van der Waals surface area contributed by atoms with Crippen LogP contribution in [0, 0.1) is 13.8 Å². The van der Waals surface area contributed by atoms with Crippen LogP contribution >= 0.6 is 0 Å². The van der Waals surface area contributed by atoms with Crippen molar-refractivity contribution in [2.24, 2.45) is 0 Å². The van der Waals surface area contributed by atoms with Crippen molar-refractivity contribution in [3.63, 3.8) is 0 Å². The molecule has 1 N–H and O–H groups in total. The molecule has 1 aliphatic heterocycles. The van der Waals surface area contributed by atoms with Gasteiger partial charge in [-0.2, -0.15) is 0 Å². The van der Waals surface area contributed by atoms with Crippen LogP contribution in [0.1, 0.15) is 24.0 Å². The second-order valence-electron chi connectivity index (χ2n) is 8.24. The number of benzene rings is 2. The molecule has 9 nitrogen and oxygen atoms in total. The van der Waals surface area contributed by atoms with Crippen LogP contribution in [-0.2, 0) is 16.1 Å². The topological polar surface area (TPSA) is 99.8 Å². The first-order valence-corrected chi connectivity index (χ1v) is 11.0. The van der Waals surface area contributed by atoms with Crippen molar-refractivity contribution in [2.45, 2.75) is 39.3 Å². The van der Waals surface area contributed by atoms with Crippen LogP contribution in [-0.4, -0.2) is 44.3 Å². The van der Waals surface area contributed by atoms with Gasteiger partial charge in [0, 0.05) is 13.2 Å². The van der Waals surface area contributed by atoms with Crippen molar-refractivity contribution < 1.29 is 14.3 Å². The maximum atomic E-state index is 13.2. The maximum absolute atomic E-state index is 13.2. The number of carbonyl (C=O) groups excluding carboxylic acids is 1. The highest BCUT2D eigenvalue weighted by Crippen LogP contribution is 2.29. The number of fused-ring (bicyclic) bond motifs is 3. The number of para-hydroxylation sites is 2. The van der Waals surface area contributed by atoms with E-state index in [2.05, 4.69) is 15.4 Å². The number of aryl methyl sites for hydroxylation is 1. The van der Waals surface area contributed by atoms with E-state index in [-0.39, 0.29) is 30.1 Å². The Morgan fingerprint density at radius 2 is 2.06 bits per heavy atom. The van der Waals surface area contributed by atoms with Gasteiger partial charge in [-0.3, -0.25) is 4.79 Å². The molecule has 1 aliphatic rings. The molecule has 1 amide bonds. The zero-order valence-corrected chi connectivity index (χ0v) is 18.6.